The molecule has 49 heavy (non-hydrogen) atoms. The van der Waals surface area contributed by atoms with Crippen LogP contribution < -0.4 is 6.25 Å². The molecule has 0 saturated heterocycles. The molecule has 0 spiro atoms. The number of rotatable bonds is 6. The normalized spacial score (nSPS) is 11.3. The van der Waals surface area contributed by atoms with Gasteiger partial charge in [0, 0.05) is 0 Å². The molecule has 0 aromatic heterocycles. The summed E-state index contributed by atoms with van der Waals surface area (Å²) in [6, 6.07) is 33.2. The number of benzene rings is 6. The van der Waals surface area contributed by atoms with Gasteiger partial charge in [0.25, 0.3) is 0 Å². The third-order valence-electron chi connectivity index (χ3n) is 10.2. The summed E-state index contributed by atoms with van der Waals surface area (Å²) in [7, 11) is 0. The van der Waals surface area contributed by atoms with Gasteiger partial charge in [-0.15, -0.1) is 0 Å². The van der Waals surface area contributed by atoms with Gasteiger partial charge in [0.15, 0.2) is 0 Å². The molecule has 6 aromatic rings. The van der Waals surface area contributed by atoms with Crippen LogP contribution in [0.3, 0.4) is 0 Å². The van der Waals surface area contributed by atoms with Crippen molar-refractivity contribution in [1.82, 2.24) is 0 Å². The Kier molecular flexibility index (Phi) is 9.93. The fourth-order valence-corrected chi connectivity index (χ4v) is 15.1. The Bertz CT molecular complexity index is 1860. The molecule has 246 valence electrons. The Morgan fingerprint density at radius 3 is 0.653 bits per heavy atom. The van der Waals surface area contributed by atoms with Crippen LogP contribution in [-0.4, -0.2) is 24.2 Å². The molecular formula is C48H50Pb. The Labute approximate surface area is 307 Å². The second kappa shape index (κ2) is 13.9. The zero-order valence-corrected chi connectivity index (χ0v) is 35.5. The standard InChI is InChI=1S/2C24H25.Pb/c2*1-15-10-17(3)23(18(4)11-15)21-8-7-9-22(14-21)24-19(5)12-16(2)13-20(24)6;/h2*7-13H,1-6H3;. The van der Waals surface area contributed by atoms with Gasteiger partial charge in [0.05, 0.1) is 0 Å². The second-order valence-electron chi connectivity index (χ2n) is 14.7. The Hall–Kier alpha value is -3.76. The van der Waals surface area contributed by atoms with Crippen LogP contribution in [0.25, 0.3) is 44.5 Å². The van der Waals surface area contributed by atoms with Crippen molar-refractivity contribution in [3.05, 3.63) is 152 Å². The van der Waals surface area contributed by atoms with Crippen LogP contribution in [0.1, 0.15) is 66.8 Å². The van der Waals surface area contributed by atoms with Crippen molar-refractivity contribution in [2.24, 2.45) is 0 Å². The van der Waals surface area contributed by atoms with E-state index in [4.69, 9.17) is 0 Å². The monoisotopic (exact) mass is 834 g/mol. The Morgan fingerprint density at radius 1 is 0.286 bits per heavy atom. The van der Waals surface area contributed by atoms with Crippen LogP contribution in [0.15, 0.2) is 84.9 Å². The van der Waals surface area contributed by atoms with Crippen molar-refractivity contribution in [3.63, 3.8) is 0 Å². The molecule has 0 amide bonds. The quantitative estimate of drug-likeness (QED) is 0.147. The van der Waals surface area contributed by atoms with Gasteiger partial charge in [0.1, 0.15) is 0 Å². The number of aryl methyl sites for hydroxylation is 12. The fraction of sp³-hybridized carbons (Fsp3) is 0.250. The summed E-state index contributed by atoms with van der Waals surface area (Å²) >= 11 is -1.85. The fourth-order valence-electron chi connectivity index (χ4n) is 8.75. The Morgan fingerprint density at radius 2 is 0.469 bits per heavy atom. The van der Waals surface area contributed by atoms with E-state index in [1.165, 1.54) is 111 Å². The van der Waals surface area contributed by atoms with E-state index in [1.807, 2.05) is 0 Å². The van der Waals surface area contributed by atoms with Crippen molar-refractivity contribution < 1.29 is 0 Å². The summed E-state index contributed by atoms with van der Waals surface area (Å²) in [5, 5.41) is 0. The van der Waals surface area contributed by atoms with E-state index < -0.39 is 24.2 Å². The molecular weight excluding hydrogens is 784 g/mol. The predicted octanol–water partition coefficient (Wildman–Crippen LogP) is 11.7. The summed E-state index contributed by atoms with van der Waals surface area (Å²) in [6.45, 7) is 27.3. The molecule has 0 nitrogen and oxygen atoms in total. The van der Waals surface area contributed by atoms with Crippen LogP contribution in [0, 0.1) is 83.1 Å². The molecule has 0 heterocycles. The maximum absolute atomic E-state index is 2.42. The zero-order valence-electron chi connectivity index (χ0n) is 31.6. The van der Waals surface area contributed by atoms with Crippen molar-refractivity contribution in [3.8, 4) is 44.5 Å². The second-order valence-corrected chi connectivity index (χ2v) is 19.5. The molecule has 6 rings (SSSR count). The van der Waals surface area contributed by atoms with E-state index in [9.17, 15) is 0 Å². The minimum atomic E-state index is -1.85. The first kappa shape index (κ1) is 35.1. The number of hydrogen-bond acceptors (Lipinski definition) is 0. The maximum atomic E-state index is 2.42. The third-order valence-corrected chi connectivity index (χ3v) is 16.3. The first-order valence-corrected chi connectivity index (χ1v) is 21.5. The topological polar surface area (TPSA) is 0 Å². The summed E-state index contributed by atoms with van der Waals surface area (Å²) in [6.07, 6.45) is 0. The van der Waals surface area contributed by atoms with E-state index >= 15 is 0 Å². The van der Waals surface area contributed by atoms with Gasteiger partial charge in [-0.25, -0.2) is 0 Å². The van der Waals surface area contributed by atoms with Gasteiger partial charge in [-0.1, -0.05) is 0 Å². The molecule has 0 unspecified atom stereocenters. The van der Waals surface area contributed by atoms with E-state index in [2.05, 4.69) is 168 Å². The molecule has 2 radical (unpaired) electrons. The molecule has 0 bridgehead atoms. The average molecular weight is 834 g/mol. The van der Waals surface area contributed by atoms with E-state index in [-0.39, 0.29) is 0 Å². The van der Waals surface area contributed by atoms with Gasteiger partial charge in [-0.2, -0.15) is 0 Å². The van der Waals surface area contributed by atoms with Crippen LogP contribution in [0.4, 0.5) is 0 Å². The molecule has 0 aliphatic heterocycles. The van der Waals surface area contributed by atoms with Gasteiger partial charge in [-0.3, -0.25) is 0 Å². The van der Waals surface area contributed by atoms with E-state index in [1.54, 1.807) is 6.25 Å². The van der Waals surface area contributed by atoms with Crippen molar-refractivity contribution in [2.75, 3.05) is 0 Å². The van der Waals surface area contributed by atoms with Crippen LogP contribution >= 0.6 is 0 Å². The van der Waals surface area contributed by atoms with Gasteiger partial charge < -0.3 is 0 Å². The van der Waals surface area contributed by atoms with E-state index in [0.717, 1.165) is 0 Å². The summed E-state index contributed by atoms with van der Waals surface area (Å²) in [5.41, 5.74) is 27.5. The van der Waals surface area contributed by atoms with Crippen molar-refractivity contribution in [2.45, 2.75) is 83.1 Å². The molecule has 0 fully saturated rings. The molecule has 0 aliphatic rings. The SMILES string of the molecule is Cc1cc(C)c(-c2cccc(-c3c(C)cc(C)cc3C)[c]2[Pb][c]2c(-c3c(C)cc(C)cc3C)cccc2-c2c(C)cc(C)cc2C)c(C)c1. The molecule has 6 aromatic carbocycles. The molecule has 1 heteroatoms. The summed E-state index contributed by atoms with van der Waals surface area (Å²) in [5.74, 6) is 0. The summed E-state index contributed by atoms with van der Waals surface area (Å²) in [4.78, 5) is 0. The van der Waals surface area contributed by atoms with Gasteiger partial charge >= 0.3 is 310 Å². The molecule has 0 N–H and O–H groups in total. The number of hydrogen-bond donors (Lipinski definition) is 0. The van der Waals surface area contributed by atoms with Crippen molar-refractivity contribution in [1.29, 1.82) is 0 Å². The predicted molar refractivity (Wildman–Crippen MR) is 216 cm³/mol. The third kappa shape index (κ3) is 6.74. The molecule has 0 saturated carbocycles. The minimum absolute atomic E-state index is 1.33. The van der Waals surface area contributed by atoms with Gasteiger partial charge in [0.2, 0.25) is 0 Å². The average Bonchev–Trinajstić information content (AvgIpc) is 2.97. The Balaban J connectivity index is 1.76. The van der Waals surface area contributed by atoms with Crippen molar-refractivity contribution >= 4 is 30.5 Å². The first-order valence-electron chi connectivity index (χ1n) is 17.6. The van der Waals surface area contributed by atoms with Crippen LogP contribution in [0.5, 0.6) is 0 Å². The molecule has 0 atom stereocenters. The van der Waals surface area contributed by atoms with Crippen LogP contribution in [0.2, 0.25) is 0 Å². The molecule has 0 aliphatic carbocycles. The van der Waals surface area contributed by atoms with Gasteiger partial charge in [-0.05, 0) is 0 Å². The first-order chi connectivity index (χ1) is 23.2. The van der Waals surface area contributed by atoms with E-state index in [0.29, 0.717) is 0 Å². The zero-order chi connectivity index (χ0) is 35.3. The summed E-state index contributed by atoms with van der Waals surface area (Å²) < 4.78 is 3.18. The van der Waals surface area contributed by atoms with Crippen LogP contribution in [-0.2, 0) is 0 Å².